The van der Waals surface area contributed by atoms with Crippen molar-refractivity contribution >= 4 is 22.9 Å². The highest BCUT2D eigenvalue weighted by Crippen LogP contribution is 2.17. The van der Waals surface area contributed by atoms with Crippen molar-refractivity contribution in [2.75, 3.05) is 5.43 Å². The molecule has 1 N–H and O–H groups in total. The number of hydrogen-bond acceptors (Lipinski definition) is 6. The van der Waals surface area contributed by atoms with E-state index in [9.17, 15) is 10.1 Å². The summed E-state index contributed by atoms with van der Waals surface area (Å²) in [5, 5.41) is 13.8. The zero-order chi connectivity index (χ0) is 16.7. The number of fused-ring (bicyclic) bond motifs is 3. The van der Waals surface area contributed by atoms with Crippen LogP contribution in [0.2, 0.25) is 0 Å². The van der Waals surface area contributed by atoms with Crippen LogP contribution in [0.4, 0.5) is 0 Å². The highest BCUT2D eigenvalue weighted by atomic mass is 16.1. The maximum atomic E-state index is 12.9. The number of nitrogens with zero attached hydrogens (tertiary/aromatic N) is 6. The molecule has 4 aromatic rings. The number of nitrogens with one attached hydrogen (secondary N) is 1. The van der Waals surface area contributed by atoms with Crippen LogP contribution in [0.3, 0.4) is 0 Å². The molecular formula is C16H11N7O. The molecule has 0 unspecified atom stereocenters. The first-order chi connectivity index (χ1) is 11.7. The number of para-hydroxylation sites is 2. The molecule has 1 aromatic carbocycles. The molecule has 4 rings (SSSR count). The molecule has 24 heavy (non-hydrogen) atoms. The highest BCUT2D eigenvalue weighted by Gasteiger charge is 2.15. The molecule has 0 atom stereocenters. The second-order valence-electron chi connectivity index (χ2n) is 5.20. The lowest BCUT2D eigenvalue weighted by molar-refractivity contribution is 0.810. The summed E-state index contributed by atoms with van der Waals surface area (Å²) in [4.78, 5) is 22.6. The van der Waals surface area contributed by atoms with Gasteiger partial charge in [-0.1, -0.05) is 12.1 Å². The molecular weight excluding hydrogens is 306 g/mol. The van der Waals surface area contributed by atoms with Gasteiger partial charge in [0.15, 0.2) is 5.65 Å². The smallest absolute Gasteiger partial charge is 0.265 e. The van der Waals surface area contributed by atoms with Gasteiger partial charge in [-0.3, -0.25) is 14.6 Å². The number of imidazole rings is 1. The van der Waals surface area contributed by atoms with Crippen LogP contribution in [0.25, 0.3) is 22.9 Å². The first-order valence-corrected chi connectivity index (χ1v) is 7.16. The van der Waals surface area contributed by atoms with Gasteiger partial charge in [0.2, 0.25) is 0 Å². The summed E-state index contributed by atoms with van der Waals surface area (Å²) in [5.74, 6) is 0. The Kier molecular flexibility index (Phi) is 2.99. The van der Waals surface area contributed by atoms with E-state index < -0.39 is 0 Å². The Labute approximate surface area is 135 Å². The van der Waals surface area contributed by atoms with Crippen LogP contribution in [0.1, 0.15) is 11.1 Å². The van der Waals surface area contributed by atoms with Gasteiger partial charge in [-0.05, 0) is 24.6 Å². The van der Waals surface area contributed by atoms with E-state index in [1.165, 1.54) is 28.0 Å². The van der Waals surface area contributed by atoms with Crippen LogP contribution >= 0.6 is 0 Å². The fourth-order valence-electron chi connectivity index (χ4n) is 2.69. The third-order valence-corrected chi connectivity index (χ3v) is 3.87. The molecule has 0 amide bonds. The van der Waals surface area contributed by atoms with Crippen molar-refractivity contribution in [3.8, 4) is 6.07 Å². The summed E-state index contributed by atoms with van der Waals surface area (Å²) in [6.45, 7) is 1.73. The fraction of sp³-hybridized carbons (Fsp3) is 0.0625. The maximum absolute atomic E-state index is 12.9. The van der Waals surface area contributed by atoms with Gasteiger partial charge >= 0.3 is 0 Å². The Morgan fingerprint density at radius 1 is 1.33 bits per heavy atom. The average molecular weight is 317 g/mol. The number of hydrogen-bond donors (Lipinski definition) is 1. The third kappa shape index (κ3) is 1.92. The first kappa shape index (κ1) is 13.9. The van der Waals surface area contributed by atoms with Gasteiger partial charge < -0.3 is 0 Å². The minimum atomic E-state index is -0.247. The van der Waals surface area contributed by atoms with Crippen LogP contribution in [0.5, 0.6) is 0 Å². The lowest BCUT2D eigenvalue weighted by Crippen LogP contribution is -2.35. The molecule has 8 heteroatoms. The Morgan fingerprint density at radius 2 is 2.17 bits per heavy atom. The highest BCUT2D eigenvalue weighted by molar-refractivity contribution is 5.82. The normalized spacial score (nSPS) is 11.9. The number of rotatable bonds is 2. The molecule has 0 radical (unpaired) electrons. The molecule has 116 valence electrons. The van der Waals surface area contributed by atoms with E-state index in [0.717, 1.165) is 0 Å². The predicted octanol–water partition coefficient (Wildman–Crippen LogP) is 0.320. The van der Waals surface area contributed by atoms with Crippen molar-refractivity contribution in [1.82, 2.24) is 24.3 Å². The summed E-state index contributed by atoms with van der Waals surface area (Å²) >= 11 is 0. The first-order valence-electron chi connectivity index (χ1n) is 7.16. The molecule has 0 spiro atoms. The van der Waals surface area contributed by atoms with Gasteiger partial charge in [0.25, 0.3) is 5.56 Å². The monoisotopic (exact) mass is 317 g/mol. The van der Waals surface area contributed by atoms with Gasteiger partial charge in [-0.2, -0.15) is 10.1 Å². The van der Waals surface area contributed by atoms with Gasteiger partial charge in [-0.15, -0.1) is 5.10 Å². The van der Waals surface area contributed by atoms with Crippen LogP contribution in [0.15, 0.2) is 41.7 Å². The Hall–Kier alpha value is -3.73. The summed E-state index contributed by atoms with van der Waals surface area (Å²) in [6.07, 6.45) is 4.35. The SMILES string of the molecule is Cc1c(C#N)c2nc3ccccc3n2c(=O)/c1=C/Nn1cncn1. The van der Waals surface area contributed by atoms with Crippen molar-refractivity contribution in [1.29, 1.82) is 5.26 Å². The van der Waals surface area contributed by atoms with Gasteiger partial charge in [0.1, 0.15) is 18.7 Å². The van der Waals surface area contributed by atoms with E-state index in [4.69, 9.17) is 0 Å². The molecule has 3 aromatic heterocycles. The van der Waals surface area contributed by atoms with Crippen LogP contribution in [0, 0.1) is 18.3 Å². The zero-order valence-electron chi connectivity index (χ0n) is 12.6. The van der Waals surface area contributed by atoms with Crippen LogP contribution < -0.4 is 16.2 Å². The Balaban J connectivity index is 2.11. The molecule has 0 aliphatic heterocycles. The standard InChI is InChI=1S/C16H11N7O/c1-10-11(6-17)15-21-13-4-2-3-5-14(13)23(15)16(24)12(10)7-19-22-9-18-8-20-22/h2-5,7-9,19H,1H3/b12-7+. The molecule has 0 aliphatic rings. The van der Waals surface area contributed by atoms with Crippen molar-refractivity contribution in [2.24, 2.45) is 0 Å². The van der Waals surface area contributed by atoms with Gasteiger partial charge in [0, 0.05) is 6.20 Å². The summed E-state index contributed by atoms with van der Waals surface area (Å²) < 4.78 is 1.47. The van der Waals surface area contributed by atoms with Crippen molar-refractivity contribution < 1.29 is 0 Å². The van der Waals surface area contributed by atoms with Crippen molar-refractivity contribution in [3.05, 3.63) is 63.6 Å². The topological polar surface area (TPSA) is 101 Å². The second-order valence-corrected chi connectivity index (χ2v) is 5.20. The van der Waals surface area contributed by atoms with Crippen molar-refractivity contribution in [2.45, 2.75) is 6.92 Å². The second kappa shape index (κ2) is 5.17. The summed E-state index contributed by atoms with van der Waals surface area (Å²) in [5.41, 5.74) is 5.26. The molecule has 8 nitrogen and oxygen atoms in total. The fourth-order valence-corrected chi connectivity index (χ4v) is 2.69. The Bertz CT molecular complexity index is 1220. The zero-order valence-corrected chi connectivity index (χ0v) is 12.6. The molecule has 0 saturated carbocycles. The lowest BCUT2D eigenvalue weighted by Gasteiger charge is -2.03. The molecule has 0 bridgehead atoms. The van der Waals surface area contributed by atoms with Crippen LogP contribution in [-0.2, 0) is 0 Å². The van der Waals surface area contributed by atoms with Gasteiger partial charge in [-0.25, -0.2) is 9.97 Å². The minimum Gasteiger partial charge on any atom is -0.283 e. The van der Waals surface area contributed by atoms with Crippen molar-refractivity contribution in [3.63, 3.8) is 0 Å². The number of benzene rings is 1. The van der Waals surface area contributed by atoms with E-state index in [1.807, 2.05) is 24.3 Å². The molecule has 3 heterocycles. The largest absolute Gasteiger partial charge is 0.283 e. The van der Waals surface area contributed by atoms with E-state index in [-0.39, 0.29) is 5.56 Å². The molecule has 0 saturated heterocycles. The maximum Gasteiger partial charge on any atom is 0.265 e. The summed E-state index contributed by atoms with van der Waals surface area (Å²) in [7, 11) is 0. The third-order valence-electron chi connectivity index (χ3n) is 3.87. The number of pyridine rings is 1. The lowest BCUT2D eigenvalue weighted by atomic mass is 10.1. The average Bonchev–Trinajstić information content (AvgIpc) is 3.22. The quantitative estimate of drug-likeness (QED) is 0.571. The van der Waals surface area contributed by atoms with Gasteiger partial charge in [0.05, 0.1) is 21.8 Å². The van der Waals surface area contributed by atoms with E-state index in [1.54, 1.807) is 6.92 Å². The summed E-state index contributed by atoms with van der Waals surface area (Å²) in [6, 6.07) is 9.45. The predicted molar refractivity (Wildman–Crippen MR) is 87.5 cm³/mol. The van der Waals surface area contributed by atoms with E-state index >= 15 is 0 Å². The van der Waals surface area contributed by atoms with E-state index in [2.05, 4.69) is 26.6 Å². The Morgan fingerprint density at radius 3 is 2.92 bits per heavy atom. The molecule has 0 fully saturated rings. The van der Waals surface area contributed by atoms with Crippen LogP contribution in [-0.4, -0.2) is 24.3 Å². The molecule has 0 aliphatic carbocycles. The number of aromatic nitrogens is 5. The van der Waals surface area contributed by atoms with E-state index in [0.29, 0.717) is 33.0 Å². The number of nitriles is 1. The minimum absolute atomic E-state index is 0.247.